The second-order valence-corrected chi connectivity index (χ2v) is 25.1. The maximum atomic E-state index is 14.7. The first-order valence-electron chi connectivity index (χ1n) is 26.5. The minimum Gasteiger partial charge on any atom is -0.493 e. The van der Waals surface area contributed by atoms with E-state index < -0.39 is 52.4 Å². The van der Waals surface area contributed by atoms with E-state index >= 15 is 0 Å². The molecule has 17 nitrogen and oxygen atoms in total. The number of aryl methyl sites for hydroxylation is 1. The van der Waals surface area contributed by atoms with Gasteiger partial charge in [0.2, 0.25) is 23.6 Å². The Kier molecular flexibility index (Phi) is 16.4. The number of halogens is 2. The zero-order valence-electron chi connectivity index (χ0n) is 44.0. The van der Waals surface area contributed by atoms with Gasteiger partial charge in [0.15, 0.2) is 5.67 Å². The predicted octanol–water partition coefficient (Wildman–Crippen LogP) is 7.32. The van der Waals surface area contributed by atoms with Crippen molar-refractivity contribution in [3.63, 3.8) is 0 Å². The van der Waals surface area contributed by atoms with Gasteiger partial charge in [0, 0.05) is 56.1 Å². The van der Waals surface area contributed by atoms with Crippen molar-refractivity contribution >= 4 is 75.7 Å². The van der Waals surface area contributed by atoms with E-state index in [0.29, 0.717) is 77.4 Å². The number of β-amino-alcohol motifs (C(OH)–C–C–N with tert-alkyl or cyclic N) is 1. The van der Waals surface area contributed by atoms with Crippen LogP contribution in [0.25, 0.3) is 10.4 Å². The van der Waals surface area contributed by atoms with E-state index in [9.17, 15) is 33.5 Å². The number of rotatable bonds is 18. The van der Waals surface area contributed by atoms with Gasteiger partial charge in [-0.2, -0.15) is 0 Å². The number of nitrogens with one attached hydrogen (secondary N) is 3. The number of alkyl halides is 1. The maximum Gasteiger partial charge on any atom is 0.258 e. The quantitative estimate of drug-likeness (QED) is 0.0617. The number of thiazole rings is 1. The lowest BCUT2D eigenvalue weighted by Crippen LogP contribution is -2.59. The molecule has 9 rings (SSSR count). The van der Waals surface area contributed by atoms with Crippen molar-refractivity contribution in [2.75, 3.05) is 56.1 Å². The number of carbonyl (C=O) groups is 5. The first kappa shape index (κ1) is 55.3. The smallest absolute Gasteiger partial charge is 0.258 e. The molecule has 3 atom stereocenters. The summed E-state index contributed by atoms with van der Waals surface area (Å²) in [5.74, 6) is -0.729. The number of hydrogen-bond acceptors (Lipinski definition) is 14. The Labute approximate surface area is 457 Å². The molecule has 0 bridgehead atoms. The minimum atomic E-state index is -1.99. The normalized spacial score (nSPS) is 21.1. The topological polar surface area (TPSA) is 225 Å². The van der Waals surface area contributed by atoms with Crippen molar-refractivity contribution in [3.8, 4) is 16.2 Å². The third kappa shape index (κ3) is 12.3. The Morgan fingerprint density at radius 2 is 1.72 bits per heavy atom. The summed E-state index contributed by atoms with van der Waals surface area (Å²) < 4.78 is 21.2. The van der Waals surface area contributed by atoms with Gasteiger partial charge in [0.05, 0.1) is 51.9 Å². The van der Waals surface area contributed by atoms with Gasteiger partial charge < -0.3 is 46.2 Å². The van der Waals surface area contributed by atoms with Gasteiger partial charge in [0.1, 0.15) is 34.1 Å². The lowest BCUT2D eigenvalue weighted by Gasteiger charge is -2.39. The van der Waals surface area contributed by atoms with E-state index in [1.807, 2.05) is 42.2 Å². The third-order valence-corrected chi connectivity index (χ3v) is 18.5. The van der Waals surface area contributed by atoms with Crippen LogP contribution in [-0.2, 0) is 30.5 Å². The molecule has 6 N–H and O–H groups in total. The van der Waals surface area contributed by atoms with Crippen LogP contribution in [-0.4, -0.2) is 129 Å². The number of aromatic nitrogens is 3. The first-order valence-corrected chi connectivity index (χ1v) is 28.5. The standard InChI is InChI=1S/C55H70ClFN10O7S2/c1-33-45(75-32-62-33)35-9-10-36(27-61-47(69)39-26-37(68)30-67(39)48(70)46(52(2,3)4)64-50(72)55(57)16-17-55)40(25-35)74-24-13-34-11-20-66(21-12-34)51(73)54(14-15-54)49(71)63-38-7-6-8-41(44(38)56)76-43-29-59-42(28-60-43)65-22-18-53(5,31-58)19-23-65/h6-10,25,28-29,32,34,37,39,46,68H,11-24,26-27,30-31,58H2,1-5H3,(H,61,69)(H,63,71)(H,64,72)/t37?,39?,46-/m1/s1. The number of nitrogens with two attached hydrogens (primary N) is 1. The fourth-order valence-electron chi connectivity index (χ4n) is 10.3. The molecule has 4 aromatic rings. The van der Waals surface area contributed by atoms with Crippen molar-refractivity contribution in [1.29, 1.82) is 0 Å². The van der Waals surface area contributed by atoms with Gasteiger partial charge in [-0.15, -0.1) is 11.3 Å². The molecule has 3 aliphatic heterocycles. The molecule has 76 heavy (non-hydrogen) atoms. The van der Waals surface area contributed by atoms with E-state index in [1.54, 1.807) is 44.7 Å². The molecule has 2 aromatic carbocycles. The van der Waals surface area contributed by atoms with Crippen LogP contribution in [0.15, 0.2) is 64.2 Å². The molecule has 21 heteroatoms. The summed E-state index contributed by atoms with van der Waals surface area (Å²) in [6.07, 6.45) is 7.87. The van der Waals surface area contributed by atoms with E-state index in [0.717, 1.165) is 60.7 Å². The first-order chi connectivity index (χ1) is 36.2. The molecule has 2 aromatic heterocycles. The van der Waals surface area contributed by atoms with E-state index in [4.69, 9.17) is 22.1 Å². The van der Waals surface area contributed by atoms with Crippen LogP contribution in [0.1, 0.15) is 103 Å². The van der Waals surface area contributed by atoms with E-state index in [1.165, 1.54) is 28.0 Å². The average Bonchev–Trinajstić information content (AvgIpc) is 4.33. The monoisotopic (exact) mass is 1100 g/mol. The minimum absolute atomic E-state index is 0.00686. The van der Waals surface area contributed by atoms with Crippen LogP contribution in [0.3, 0.4) is 0 Å². The summed E-state index contributed by atoms with van der Waals surface area (Å²) in [6, 6.07) is 9.08. The number of carbonyl (C=O) groups excluding carboxylic acids is 5. The Hall–Kier alpha value is -5.41. The predicted molar refractivity (Wildman–Crippen MR) is 291 cm³/mol. The second-order valence-electron chi connectivity index (χ2n) is 22.8. The summed E-state index contributed by atoms with van der Waals surface area (Å²) in [4.78, 5) is 89.5. The summed E-state index contributed by atoms with van der Waals surface area (Å²) in [7, 11) is 0. The van der Waals surface area contributed by atoms with Gasteiger partial charge in [0.25, 0.3) is 5.91 Å². The van der Waals surface area contributed by atoms with Gasteiger partial charge in [-0.3, -0.25) is 24.0 Å². The van der Waals surface area contributed by atoms with E-state index in [2.05, 4.69) is 42.7 Å². The van der Waals surface area contributed by atoms with Crippen LogP contribution in [0.2, 0.25) is 5.02 Å². The molecule has 408 valence electrons. The summed E-state index contributed by atoms with van der Waals surface area (Å²) in [6.45, 7) is 13.2. The molecule has 5 fully saturated rings. The number of hydrogen-bond donors (Lipinski definition) is 5. The molecular formula is C55H70ClFN10O7S2. The highest BCUT2D eigenvalue weighted by Gasteiger charge is 2.58. The number of nitrogens with zero attached hydrogens (tertiary/aromatic N) is 6. The van der Waals surface area contributed by atoms with Crippen LogP contribution in [0.5, 0.6) is 5.75 Å². The second kappa shape index (κ2) is 22.5. The molecule has 0 radical (unpaired) electrons. The molecule has 5 aliphatic rings. The number of ether oxygens (including phenoxy) is 1. The summed E-state index contributed by atoms with van der Waals surface area (Å²) in [5, 5.41) is 20.3. The number of likely N-dealkylation sites (tertiary alicyclic amines) is 2. The molecule has 2 aliphatic carbocycles. The average molecular weight is 1100 g/mol. The number of piperidine rings is 2. The Balaban J connectivity index is 0.774. The molecule has 0 spiro atoms. The lowest BCUT2D eigenvalue weighted by molar-refractivity contribution is -0.145. The third-order valence-electron chi connectivity index (χ3n) is 16.0. The van der Waals surface area contributed by atoms with Gasteiger partial charge >= 0.3 is 0 Å². The Morgan fingerprint density at radius 3 is 2.36 bits per heavy atom. The molecule has 3 saturated heterocycles. The fraction of sp³-hybridized carbons (Fsp3) is 0.564. The van der Waals surface area contributed by atoms with Gasteiger partial charge in [-0.1, -0.05) is 69.3 Å². The molecule has 5 heterocycles. The van der Waals surface area contributed by atoms with Crippen LogP contribution in [0, 0.1) is 29.1 Å². The van der Waals surface area contributed by atoms with Crippen molar-refractivity contribution in [2.24, 2.45) is 27.9 Å². The highest BCUT2D eigenvalue weighted by molar-refractivity contribution is 7.99. The summed E-state index contributed by atoms with van der Waals surface area (Å²) >= 11 is 9.76. The van der Waals surface area contributed by atoms with E-state index in [-0.39, 0.29) is 55.5 Å². The number of benzene rings is 2. The fourth-order valence-corrected chi connectivity index (χ4v) is 12.2. The van der Waals surface area contributed by atoms with Crippen molar-refractivity contribution < 1.29 is 38.2 Å². The molecule has 2 saturated carbocycles. The van der Waals surface area contributed by atoms with Crippen molar-refractivity contribution in [3.05, 3.63) is 70.6 Å². The number of aliphatic hydroxyl groups excluding tert-OH is 1. The summed E-state index contributed by atoms with van der Waals surface area (Å²) in [5.41, 5.74) is 6.94. The van der Waals surface area contributed by atoms with Crippen LogP contribution < -0.4 is 31.3 Å². The molecule has 5 amide bonds. The molecule has 2 unspecified atom stereocenters. The van der Waals surface area contributed by atoms with Crippen LogP contribution >= 0.6 is 34.7 Å². The Morgan fingerprint density at radius 1 is 0.987 bits per heavy atom. The largest absolute Gasteiger partial charge is 0.493 e. The zero-order chi connectivity index (χ0) is 54.2. The number of aliphatic hydroxyl groups is 1. The van der Waals surface area contributed by atoms with Crippen LogP contribution in [0.4, 0.5) is 15.9 Å². The SMILES string of the molecule is Cc1ncsc1-c1ccc(CNC(=O)C2CC(O)CN2C(=O)[C@@H](NC(=O)C2(F)CC2)C(C)(C)C)c(OCCC2CCN(C(=O)C3(C(=O)Nc4cccc(Sc5cnc(N6CCC(C)(CN)CC6)cn5)c4Cl)CC3)CC2)c1. The van der Waals surface area contributed by atoms with Gasteiger partial charge in [-0.25, -0.2) is 19.3 Å². The Bertz CT molecular complexity index is 2810. The highest BCUT2D eigenvalue weighted by Crippen LogP contribution is 2.50. The lowest BCUT2D eigenvalue weighted by atomic mass is 9.80. The van der Waals surface area contributed by atoms with Crippen molar-refractivity contribution in [2.45, 2.75) is 139 Å². The van der Waals surface area contributed by atoms with Crippen molar-refractivity contribution in [1.82, 2.24) is 35.4 Å². The van der Waals surface area contributed by atoms with Gasteiger partial charge in [-0.05, 0) is 112 Å². The number of amides is 5. The molecular weight excluding hydrogens is 1030 g/mol. The maximum absolute atomic E-state index is 14.7. The number of anilines is 2. The highest BCUT2D eigenvalue weighted by atomic mass is 35.5. The zero-order valence-corrected chi connectivity index (χ0v) is 46.4.